The summed E-state index contributed by atoms with van der Waals surface area (Å²) in [5.41, 5.74) is 11.6. The number of hydrogen-bond acceptors (Lipinski definition) is 6. The molecule has 9 heteroatoms. The van der Waals surface area contributed by atoms with Crippen LogP contribution in [0.5, 0.6) is 0 Å². The van der Waals surface area contributed by atoms with Crippen LogP contribution in [0.2, 0.25) is 0 Å². The lowest BCUT2D eigenvalue weighted by atomic mass is 10.1. The van der Waals surface area contributed by atoms with Gasteiger partial charge in [0, 0.05) is 71.3 Å². The van der Waals surface area contributed by atoms with Gasteiger partial charge >= 0.3 is 0 Å². The minimum absolute atomic E-state index is 0.275. The molecular formula is C23H25N9. The Balaban J connectivity index is 1.45. The summed E-state index contributed by atoms with van der Waals surface area (Å²) in [4.78, 5) is 20.9. The van der Waals surface area contributed by atoms with E-state index in [1.54, 1.807) is 6.20 Å². The van der Waals surface area contributed by atoms with Crippen molar-refractivity contribution in [1.29, 1.82) is 0 Å². The number of aryl methyl sites for hydroxylation is 2. The number of anilines is 1. The molecule has 0 fully saturated rings. The standard InChI is InChI=1S/C23H25N9/c1-15(2)32-13-17(11-28-32)16-8-19-20(12-27-22(19)26-10-16)21-9-18(29-23(24)30-21)4-3-6-31-7-5-25-14-31/h5,7-15H,3-4,6H2,1-2H3,(H,26,27)(H2,24,29,30). The third kappa shape index (κ3) is 3.96. The molecule has 0 radical (unpaired) electrons. The second-order valence-corrected chi connectivity index (χ2v) is 8.13. The molecule has 5 aromatic rings. The molecule has 0 aliphatic rings. The number of nitrogens with zero attached hydrogens (tertiary/aromatic N) is 7. The third-order valence-corrected chi connectivity index (χ3v) is 5.48. The van der Waals surface area contributed by atoms with Gasteiger partial charge in [0.2, 0.25) is 5.95 Å². The van der Waals surface area contributed by atoms with Crippen molar-refractivity contribution >= 4 is 17.0 Å². The average molecular weight is 428 g/mol. The quantitative estimate of drug-likeness (QED) is 0.407. The zero-order valence-electron chi connectivity index (χ0n) is 18.1. The van der Waals surface area contributed by atoms with Crippen LogP contribution in [0.25, 0.3) is 33.4 Å². The molecule has 0 atom stereocenters. The Morgan fingerprint density at radius 2 is 2.03 bits per heavy atom. The zero-order valence-corrected chi connectivity index (χ0v) is 18.1. The van der Waals surface area contributed by atoms with Gasteiger partial charge in [-0.2, -0.15) is 5.10 Å². The van der Waals surface area contributed by atoms with E-state index in [1.807, 2.05) is 48.1 Å². The van der Waals surface area contributed by atoms with Crippen molar-refractivity contribution in [2.24, 2.45) is 0 Å². The van der Waals surface area contributed by atoms with Crippen molar-refractivity contribution in [3.05, 3.63) is 61.3 Å². The van der Waals surface area contributed by atoms with Gasteiger partial charge in [0.05, 0.1) is 18.2 Å². The molecule has 0 bridgehead atoms. The van der Waals surface area contributed by atoms with E-state index < -0.39 is 0 Å². The topological polar surface area (TPSA) is 116 Å². The van der Waals surface area contributed by atoms with Crippen LogP contribution in [0.4, 0.5) is 5.95 Å². The van der Waals surface area contributed by atoms with Crippen LogP contribution < -0.4 is 5.73 Å². The van der Waals surface area contributed by atoms with Gasteiger partial charge in [-0.3, -0.25) is 4.68 Å². The maximum absolute atomic E-state index is 6.05. The molecule has 9 nitrogen and oxygen atoms in total. The molecule has 0 aromatic carbocycles. The maximum Gasteiger partial charge on any atom is 0.220 e. The molecule has 0 aliphatic heterocycles. The number of H-pyrrole nitrogens is 1. The van der Waals surface area contributed by atoms with Crippen molar-refractivity contribution < 1.29 is 0 Å². The SMILES string of the molecule is CC(C)n1cc(-c2cnc3[nH]cc(-c4cc(CCCn5ccnc5)nc(N)n4)c3c2)cn1. The molecule has 0 saturated carbocycles. The molecule has 5 heterocycles. The number of aromatic nitrogens is 8. The van der Waals surface area contributed by atoms with Gasteiger partial charge in [0.25, 0.3) is 0 Å². The number of fused-ring (bicyclic) bond motifs is 1. The highest BCUT2D eigenvalue weighted by Gasteiger charge is 2.13. The first-order valence-corrected chi connectivity index (χ1v) is 10.7. The molecule has 162 valence electrons. The summed E-state index contributed by atoms with van der Waals surface area (Å²) in [6, 6.07) is 4.43. The predicted molar refractivity (Wildman–Crippen MR) is 124 cm³/mol. The smallest absolute Gasteiger partial charge is 0.220 e. The zero-order chi connectivity index (χ0) is 22.1. The number of pyridine rings is 1. The second kappa shape index (κ2) is 8.26. The summed E-state index contributed by atoms with van der Waals surface area (Å²) < 4.78 is 4.00. The number of aromatic amines is 1. The second-order valence-electron chi connectivity index (χ2n) is 8.13. The first-order chi connectivity index (χ1) is 15.6. The fourth-order valence-electron chi connectivity index (χ4n) is 3.79. The number of nitrogen functional groups attached to an aromatic ring is 1. The van der Waals surface area contributed by atoms with E-state index in [2.05, 4.69) is 54.5 Å². The molecule has 3 N–H and O–H groups in total. The van der Waals surface area contributed by atoms with Crippen LogP contribution in [-0.2, 0) is 13.0 Å². The summed E-state index contributed by atoms with van der Waals surface area (Å²) in [6.07, 6.45) is 15.0. The van der Waals surface area contributed by atoms with E-state index in [0.717, 1.165) is 58.5 Å². The van der Waals surface area contributed by atoms with Gasteiger partial charge < -0.3 is 15.3 Å². The summed E-state index contributed by atoms with van der Waals surface area (Å²) in [6.45, 7) is 5.09. The highest BCUT2D eigenvalue weighted by Crippen LogP contribution is 2.31. The van der Waals surface area contributed by atoms with Gasteiger partial charge in [0.15, 0.2) is 0 Å². The van der Waals surface area contributed by atoms with E-state index >= 15 is 0 Å². The Morgan fingerprint density at radius 1 is 1.12 bits per heavy atom. The van der Waals surface area contributed by atoms with Gasteiger partial charge in [-0.05, 0) is 38.8 Å². The summed E-state index contributed by atoms with van der Waals surface area (Å²) in [5.74, 6) is 0.275. The average Bonchev–Trinajstić information content (AvgIpc) is 3.53. The van der Waals surface area contributed by atoms with E-state index in [1.165, 1.54) is 0 Å². The Hall–Kier alpha value is -4.01. The normalized spacial score (nSPS) is 11.6. The van der Waals surface area contributed by atoms with Crippen molar-refractivity contribution in [3.8, 4) is 22.4 Å². The minimum Gasteiger partial charge on any atom is -0.368 e. The first kappa shape index (κ1) is 19.9. The largest absolute Gasteiger partial charge is 0.368 e. The van der Waals surface area contributed by atoms with Crippen LogP contribution in [0.15, 0.2) is 55.6 Å². The van der Waals surface area contributed by atoms with E-state index in [0.29, 0.717) is 6.04 Å². The van der Waals surface area contributed by atoms with Gasteiger partial charge in [-0.15, -0.1) is 0 Å². The number of nitrogens with one attached hydrogen (secondary N) is 1. The molecule has 0 saturated heterocycles. The Kier molecular flexibility index (Phi) is 5.14. The number of rotatable bonds is 7. The fourth-order valence-corrected chi connectivity index (χ4v) is 3.79. The molecule has 0 amide bonds. The summed E-state index contributed by atoms with van der Waals surface area (Å²) in [7, 11) is 0. The lowest BCUT2D eigenvalue weighted by Gasteiger charge is -2.07. The molecular weight excluding hydrogens is 402 g/mol. The van der Waals surface area contributed by atoms with Crippen LogP contribution in [0.3, 0.4) is 0 Å². The molecule has 5 rings (SSSR count). The van der Waals surface area contributed by atoms with Crippen molar-refractivity contribution in [3.63, 3.8) is 0 Å². The first-order valence-electron chi connectivity index (χ1n) is 10.7. The molecule has 32 heavy (non-hydrogen) atoms. The molecule has 0 spiro atoms. The number of imidazole rings is 1. The Morgan fingerprint density at radius 3 is 2.81 bits per heavy atom. The highest BCUT2D eigenvalue weighted by molar-refractivity contribution is 5.95. The molecule has 5 aromatic heterocycles. The molecule has 0 unspecified atom stereocenters. The summed E-state index contributed by atoms with van der Waals surface area (Å²) >= 11 is 0. The Bertz CT molecular complexity index is 1350. The van der Waals surface area contributed by atoms with Crippen molar-refractivity contribution in [2.75, 3.05) is 5.73 Å². The van der Waals surface area contributed by atoms with E-state index in [9.17, 15) is 0 Å². The van der Waals surface area contributed by atoms with Gasteiger partial charge in [0.1, 0.15) is 5.65 Å². The monoisotopic (exact) mass is 427 g/mol. The van der Waals surface area contributed by atoms with E-state index in [4.69, 9.17) is 5.73 Å². The minimum atomic E-state index is 0.275. The van der Waals surface area contributed by atoms with Gasteiger partial charge in [-0.1, -0.05) is 0 Å². The third-order valence-electron chi connectivity index (χ3n) is 5.48. The predicted octanol–water partition coefficient (Wildman–Crippen LogP) is 3.88. The van der Waals surface area contributed by atoms with Crippen LogP contribution in [-0.4, -0.2) is 39.3 Å². The molecule has 0 aliphatic carbocycles. The fraction of sp³-hybridized carbons (Fsp3) is 0.261. The van der Waals surface area contributed by atoms with Crippen LogP contribution in [0, 0.1) is 0 Å². The maximum atomic E-state index is 6.05. The number of hydrogen-bond donors (Lipinski definition) is 2. The highest BCUT2D eigenvalue weighted by atomic mass is 15.3. The van der Waals surface area contributed by atoms with E-state index in [-0.39, 0.29) is 5.95 Å². The number of nitrogens with two attached hydrogens (primary N) is 1. The lowest BCUT2D eigenvalue weighted by Crippen LogP contribution is -2.03. The van der Waals surface area contributed by atoms with Gasteiger partial charge in [-0.25, -0.2) is 19.9 Å². The summed E-state index contributed by atoms with van der Waals surface area (Å²) in [5, 5.41) is 5.44. The van der Waals surface area contributed by atoms with Crippen molar-refractivity contribution in [2.45, 2.75) is 39.3 Å². The Labute approximate surface area is 185 Å². The van der Waals surface area contributed by atoms with Crippen molar-refractivity contribution in [1.82, 2.24) is 39.3 Å². The van der Waals surface area contributed by atoms with Crippen LogP contribution >= 0.6 is 0 Å². The van der Waals surface area contributed by atoms with Crippen LogP contribution in [0.1, 0.15) is 32.0 Å². The lowest BCUT2D eigenvalue weighted by molar-refractivity contribution is 0.532.